The Hall–Kier alpha value is -5.49. The standard InChI is InChI=1S/C32H32FN7O9S/c1-37-24-10-17(3-5-22(24)40(32(37)46)23-6-7-26(42)35-31(23)45)19-13-38(14-19)15-27(43)34-8-9-49-20-4-2-18-11-25(41)30(29(33)21(18)12-20)39-16-28(44)36-50(39,47)48/h2-5,10-12,19,23,41H,6-9,13-16H2,1H3,(H,34,43)(H,36,44)(H,35,42,45). The number of likely N-dealkylation sites (tertiary alicyclic amines) is 1. The van der Waals surface area contributed by atoms with E-state index >= 15 is 4.39 Å². The van der Waals surface area contributed by atoms with E-state index in [1.54, 1.807) is 17.8 Å². The molecule has 16 nitrogen and oxygen atoms in total. The highest BCUT2D eigenvalue weighted by Gasteiger charge is 2.38. The Labute approximate surface area is 283 Å². The Morgan fingerprint density at radius 2 is 1.84 bits per heavy atom. The van der Waals surface area contributed by atoms with Crippen LogP contribution < -0.4 is 30.1 Å². The van der Waals surface area contributed by atoms with E-state index in [-0.39, 0.29) is 72.5 Å². The van der Waals surface area contributed by atoms with Gasteiger partial charge in [-0.2, -0.15) is 8.42 Å². The zero-order chi connectivity index (χ0) is 35.5. The predicted molar refractivity (Wildman–Crippen MR) is 176 cm³/mol. The van der Waals surface area contributed by atoms with Gasteiger partial charge in [-0.25, -0.2) is 18.2 Å². The molecular weight excluding hydrogens is 677 g/mol. The fourth-order valence-corrected chi connectivity index (χ4v) is 7.84. The van der Waals surface area contributed by atoms with Crippen LogP contribution in [0.25, 0.3) is 21.8 Å². The number of halogens is 1. The number of piperidine rings is 1. The minimum Gasteiger partial charge on any atom is -0.506 e. The number of ether oxygens (including phenoxy) is 1. The second-order valence-corrected chi connectivity index (χ2v) is 14.1. The van der Waals surface area contributed by atoms with Crippen LogP contribution in [0.5, 0.6) is 11.5 Å². The third kappa shape index (κ3) is 5.89. The summed E-state index contributed by atoms with van der Waals surface area (Å²) in [5.74, 6) is -3.21. The van der Waals surface area contributed by atoms with E-state index in [0.717, 1.165) is 5.56 Å². The first-order chi connectivity index (χ1) is 23.8. The maximum atomic E-state index is 15.5. The second kappa shape index (κ2) is 12.4. The zero-order valence-electron chi connectivity index (χ0n) is 26.6. The number of nitrogens with zero attached hydrogens (tertiary/aromatic N) is 4. The van der Waals surface area contributed by atoms with Crippen LogP contribution in [0.2, 0.25) is 0 Å². The lowest BCUT2D eigenvalue weighted by Gasteiger charge is -2.39. The Kier molecular flexibility index (Phi) is 8.22. The molecule has 18 heteroatoms. The van der Waals surface area contributed by atoms with Crippen molar-refractivity contribution in [3.05, 3.63) is 64.3 Å². The van der Waals surface area contributed by atoms with Crippen molar-refractivity contribution in [2.24, 2.45) is 7.05 Å². The molecule has 262 valence electrons. The number of nitrogens with one attached hydrogen (secondary N) is 3. The van der Waals surface area contributed by atoms with Gasteiger partial charge in [-0.15, -0.1) is 0 Å². The van der Waals surface area contributed by atoms with E-state index in [1.165, 1.54) is 27.3 Å². The number of imide groups is 1. The van der Waals surface area contributed by atoms with Crippen LogP contribution in [0.1, 0.15) is 30.4 Å². The molecule has 3 saturated heterocycles. The lowest BCUT2D eigenvalue weighted by atomic mass is 9.91. The molecule has 1 unspecified atom stereocenters. The number of anilines is 1. The van der Waals surface area contributed by atoms with E-state index in [0.29, 0.717) is 28.4 Å². The molecule has 0 bridgehead atoms. The van der Waals surface area contributed by atoms with Crippen LogP contribution in [0.4, 0.5) is 10.1 Å². The largest absolute Gasteiger partial charge is 0.506 e. The highest BCUT2D eigenvalue weighted by molar-refractivity contribution is 7.92. The predicted octanol–water partition coefficient (Wildman–Crippen LogP) is 0.0910. The summed E-state index contributed by atoms with van der Waals surface area (Å²) in [4.78, 5) is 63.3. The molecule has 3 fully saturated rings. The van der Waals surface area contributed by atoms with Gasteiger partial charge in [-0.05, 0) is 47.7 Å². The molecule has 50 heavy (non-hydrogen) atoms. The summed E-state index contributed by atoms with van der Waals surface area (Å²) in [7, 11) is -2.71. The number of amides is 4. The van der Waals surface area contributed by atoms with E-state index in [9.17, 15) is 37.5 Å². The van der Waals surface area contributed by atoms with Gasteiger partial charge >= 0.3 is 15.9 Å². The third-order valence-corrected chi connectivity index (χ3v) is 10.6. The average Bonchev–Trinajstić information content (AvgIpc) is 3.46. The lowest BCUT2D eigenvalue weighted by molar-refractivity contribution is -0.135. The monoisotopic (exact) mass is 709 g/mol. The third-order valence-electron chi connectivity index (χ3n) is 9.20. The maximum Gasteiger partial charge on any atom is 0.329 e. The number of hydrogen-bond acceptors (Lipinski definition) is 10. The van der Waals surface area contributed by atoms with Crippen molar-refractivity contribution in [2.45, 2.75) is 24.8 Å². The number of rotatable bonds is 9. The Morgan fingerprint density at radius 3 is 2.56 bits per heavy atom. The van der Waals surface area contributed by atoms with Crippen molar-refractivity contribution < 1.29 is 41.8 Å². The van der Waals surface area contributed by atoms with E-state index in [4.69, 9.17) is 4.74 Å². The molecule has 3 aliphatic rings. The SMILES string of the molecule is Cn1c(=O)n(C2CCC(=O)NC2=O)c2ccc(C3CN(CC(=O)NCCOc4ccc5cc(O)c(N6CC(=O)NS6(=O)=O)c(F)c5c4)C3)cc21. The molecular formula is C32H32FN7O9S. The van der Waals surface area contributed by atoms with Crippen LogP contribution in [0, 0.1) is 5.82 Å². The first-order valence-electron chi connectivity index (χ1n) is 15.8. The fraction of sp³-hybridized carbons (Fsp3) is 0.344. The van der Waals surface area contributed by atoms with Crippen molar-refractivity contribution in [3.8, 4) is 11.5 Å². The van der Waals surface area contributed by atoms with Crippen LogP contribution >= 0.6 is 0 Å². The van der Waals surface area contributed by atoms with Crippen molar-refractivity contribution in [2.75, 3.05) is 43.6 Å². The van der Waals surface area contributed by atoms with Gasteiger partial charge in [0.2, 0.25) is 17.7 Å². The van der Waals surface area contributed by atoms with Crippen LogP contribution in [-0.4, -0.2) is 90.5 Å². The highest BCUT2D eigenvalue weighted by Crippen LogP contribution is 2.39. The number of benzene rings is 3. The second-order valence-electron chi connectivity index (χ2n) is 12.5. The summed E-state index contributed by atoms with van der Waals surface area (Å²) >= 11 is 0. The van der Waals surface area contributed by atoms with Crippen molar-refractivity contribution in [1.82, 2.24) is 29.4 Å². The van der Waals surface area contributed by atoms with E-state index < -0.39 is 51.9 Å². The van der Waals surface area contributed by atoms with Gasteiger partial charge in [-0.3, -0.25) is 38.5 Å². The van der Waals surface area contributed by atoms with Gasteiger partial charge < -0.3 is 15.2 Å². The maximum absolute atomic E-state index is 15.5. The van der Waals surface area contributed by atoms with Crippen molar-refractivity contribution in [3.63, 3.8) is 0 Å². The van der Waals surface area contributed by atoms with Gasteiger partial charge in [0.25, 0.3) is 5.91 Å². The Bertz CT molecular complexity index is 2280. The molecule has 4 aromatic rings. The molecule has 0 saturated carbocycles. The smallest absolute Gasteiger partial charge is 0.329 e. The first kappa shape index (κ1) is 33.0. The number of fused-ring (bicyclic) bond motifs is 2. The molecule has 3 aliphatic heterocycles. The van der Waals surface area contributed by atoms with Crippen molar-refractivity contribution >= 4 is 61.3 Å². The van der Waals surface area contributed by atoms with Gasteiger partial charge in [0.05, 0.1) is 24.1 Å². The molecule has 0 aliphatic carbocycles. The van der Waals surface area contributed by atoms with Gasteiger partial charge in [0, 0.05) is 37.9 Å². The van der Waals surface area contributed by atoms with Gasteiger partial charge in [0.15, 0.2) is 5.82 Å². The molecule has 1 aromatic heterocycles. The highest BCUT2D eigenvalue weighted by atomic mass is 32.2. The quantitative estimate of drug-likeness (QED) is 0.136. The molecule has 4 heterocycles. The summed E-state index contributed by atoms with van der Waals surface area (Å²) in [6.45, 7) is 0.954. The number of aryl methyl sites for hydroxylation is 1. The summed E-state index contributed by atoms with van der Waals surface area (Å²) < 4.78 is 50.7. The van der Waals surface area contributed by atoms with Gasteiger partial charge in [-0.1, -0.05) is 12.1 Å². The van der Waals surface area contributed by atoms with Crippen LogP contribution in [-0.2, 0) is 36.4 Å². The Balaban J connectivity index is 0.916. The molecule has 0 radical (unpaired) electrons. The molecule has 3 aromatic carbocycles. The van der Waals surface area contributed by atoms with E-state index in [1.807, 2.05) is 23.1 Å². The van der Waals surface area contributed by atoms with Gasteiger partial charge in [0.1, 0.15) is 36.4 Å². The number of phenols is 1. The zero-order valence-corrected chi connectivity index (χ0v) is 27.5. The molecule has 4 amide bonds. The minimum atomic E-state index is -4.35. The Morgan fingerprint density at radius 1 is 1.06 bits per heavy atom. The summed E-state index contributed by atoms with van der Waals surface area (Å²) in [6, 6.07) is 10.5. The molecule has 4 N–H and O–H groups in total. The number of hydrogen-bond donors (Lipinski definition) is 4. The fourth-order valence-electron chi connectivity index (χ4n) is 6.67. The number of imidazole rings is 1. The number of carbonyl (C=O) groups excluding carboxylic acids is 4. The first-order valence-corrected chi connectivity index (χ1v) is 17.2. The number of carbonyl (C=O) groups is 4. The lowest BCUT2D eigenvalue weighted by Crippen LogP contribution is -2.49. The molecule has 0 spiro atoms. The van der Waals surface area contributed by atoms with Crippen molar-refractivity contribution in [1.29, 1.82) is 0 Å². The van der Waals surface area contributed by atoms with Crippen LogP contribution in [0.3, 0.4) is 0 Å². The average molecular weight is 710 g/mol. The number of aromatic hydroxyl groups is 1. The van der Waals surface area contributed by atoms with E-state index in [2.05, 4.69) is 10.6 Å². The minimum absolute atomic E-state index is 0.0329. The molecule has 1 atom stereocenters. The normalized spacial score (nSPS) is 19.4. The summed E-state index contributed by atoms with van der Waals surface area (Å²) in [5, 5.41) is 15.7. The molecule has 7 rings (SSSR count). The van der Waals surface area contributed by atoms with Crippen LogP contribution in [0.15, 0.2) is 47.3 Å². The summed E-state index contributed by atoms with van der Waals surface area (Å²) in [6.07, 6.45) is 0.417. The summed E-state index contributed by atoms with van der Waals surface area (Å²) in [5.41, 5.74) is 1.30. The number of aromatic nitrogens is 2. The topological polar surface area (TPSA) is 201 Å². The number of phenolic OH excluding ortho intramolecular Hbond substituents is 1.